The second kappa shape index (κ2) is 7.64. The van der Waals surface area contributed by atoms with Gasteiger partial charge in [0.15, 0.2) is 0 Å². The van der Waals surface area contributed by atoms with Crippen LogP contribution in [0, 0.1) is 0 Å². The maximum atomic E-state index is 11.7. The first-order valence-corrected chi connectivity index (χ1v) is 7.78. The smallest absolute Gasteiger partial charge is 0.248 e. The molecule has 1 atom stereocenters. The number of phenols is 1. The summed E-state index contributed by atoms with van der Waals surface area (Å²) >= 11 is 0. The zero-order valence-electron chi connectivity index (χ0n) is 13.0. The number of nitrogens with two attached hydrogens (primary N) is 1. The van der Waals surface area contributed by atoms with E-state index in [0.717, 1.165) is 36.8 Å². The van der Waals surface area contributed by atoms with Crippen molar-refractivity contribution >= 4 is 5.91 Å². The van der Waals surface area contributed by atoms with E-state index in [1.54, 1.807) is 18.2 Å². The number of carbonyl (C=O) groups excluding carboxylic acids is 1. The van der Waals surface area contributed by atoms with E-state index >= 15 is 0 Å². The molecule has 0 fully saturated rings. The Morgan fingerprint density at radius 1 is 1.18 bits per heavy atom. The summed E-state index contributed by atoms with van der Waals surface area (Å²) in [6.45, 7) is 2.16. The van der Waals surface area contributed by atoms with Crippen molar-refractivity contribution in [3.63, 3.8) is 0 Å². The molecule has 0 saturated carbocycles. The predicted molar refractivity (Wildman–Crippen MR) is 89.0 cm³/mol. The van der Waals surface area contributed by atoms with E-state index in [1.165, 1.54) is 0 Å². The summed E-state index contributed by atoms with van der Waals surface area (Å²) in [5.41, 5.74) is 8.20. The molecular formula is C19H23NO2. The maximum Gasteiger partial charge on any atom is 0.248 e. The van der Waals surface area contributed by atoms with Gasteiger partial charge in [-0.05, 0) is 48.1 Å². The van der Waals surface area contributed by atoms with Crippen molar-refractivity contribution < 1.29 is 9.90 Å². The first-order valence-electron chi connectivity index (χ1n) is 7.78. The van der Waals surface area contributed by atoms with Gasteiger partial charge >= 0.3 is 0 Å². The van der Waals surface area contributed by atoms with Crippen LogP contribution in [0.2, 0.25) is 0 Å². The first kappa shape index (κ1) is 16.1. The summed E-state index contributed by atoms with van der Waals surface area (Å²) in [6.07, 6.45) is 3.99. The van der Waals surface area contributed by atoms with Gasteiger partial charge in [0.2, 0.25) is 5.91 Å². The average molecular weight is 297 g/mol. The fourth-order valence-electron chi connectivity index (χ4n) is 2.86. The minimum Gasteiger partial charge on any atom is -0.508 e. The number of carbonyl (C=O) groups is 1. The number of amides is 1. The third-order valence-corrected chi connectivity index (χ3v) is 3.96. The summed E-state index contributed by atoms with van der Waals surface area (Å²) < 4.78 is 0. The lowest BCUT2D eigenvalue weighted by Crippen LogP contribution is -2.16. The molecule has 2 rings (SSSR count). The van der Waals surface area contributed by atoms with E-state index in [2.05, 4.69) is 6.92 Å². The quantitative estimate of drug-likeness (QED) is 0.811. The number of benzene rings is 2. The van der Waals surface area contributed by atoms with E-state index in [9.17, 15) is 9.90 Å². The van der Waals surface area contributed by atoms with E-state index in [1.807, 2.05) is 30.3 Å². The van der Waals surface area contributed by atoms with E-state index in [4.69, 9.17) is 5.73 Å². The number of primary amides is 1. The molecule has 116 valence electrons. The van der Waals surface area contributed by atoms with E-state index in [-0.39, 0.29) is 17.6 Å². The Labute approximate surface area is 131 Å². The lowest BCUT2D eigenvalue weighted by molar-refractivity contribution is 0.0999. The van der Waals surface area contributed by atoms with Gasteiger partial charge in [0.05, 0.1) is 0 Å². The van der Waals surface area contributed by atoms with Crippen molar-refractivity contribution in [3.8, 4) is 5.75 Å². The third kappa shape index (κ3) is 4.10. The van der Waals surface area contributed by atoms with Crippen molar-refractivity contribution in [2.24, 2.45) is 5.73 Å². The molecule has 2 aromatic rings. The molecule has 22 heavy (non-hydrogen) atoms. The van der Waals surface area contributed by atoms with Crippen LogP contribution in [-0.4, -0.2) is 11.0 Å². The van der Waals surface area contributed by atoms with Gasteiger partial charge < -0.3 is 10.8 Å². The fourth-order valence-corrected chi connectivity index (χ4v) is 2.86. The Balaban J connectivity index is 2.32. The van der Waals surface area contributed by atoms with Crippen LogP contribution in [0.5, 0.6) is 5.75 Å². The first-order chi connectivity index (χ1) is 10.6. The molecule has 0 bridgehead atoms. The van der Waals surface area contributed by atoms with Gasteiger partial charge in [-0.25, -0.2) is 0 Å². The van der Waals surface area contributed by atoms with Crippen LogP contribution in [0.4, 0.5) is 0 Å². The molecule has 0 aromatic heterocycles. The molecule has 3 heteroatoms. The van der Waals surface area contributed by atoms with E-state index < -0.39 is 0 Å². The van der Waals surface area contributed by atoms with Gasteiger partial charge in [0.1, 0.15) is 5.75 Å². The minimum atomic E-state index is -0.381. The van der Waals surface area contributed by atoms with Crippen LogP contribution >= 0.6 is 0 Å². The molecule has 0 heterocycles. The van der Waals surface area contributed by atoms with Gasteiger partial charge in [-0.3, -0.25) is 4.79 Å². The van der Waals surface area contributed by atoms with E-state index in [0.29, 0.717) is 5.56 Å². The molecule has 0 spiro atoms. The van der Waals surface area contributed by atoms with Gasteiger partial charge in [-0.1, -0.05) is 50.1 Å². The highest BCUT2D eigenvalue weighted by Gasteiger charge is 2.18. The summed E-state index contributed by atoms with van der Waals surface area (Å²) in [5, 5.41) is 9.64. The topological polar surface area (TPSA) is 63.3 Å². The van der Waals surface area contributed by atoms with Crippen molar-refractivity contribution in [3.05, 3.63) is 65.2 Å². The average Bonchev–Trinajstić information content (AvgIpc) is 2.51. The summed E-state index contributed by atoms with van der Waals surface area (Å²) in [7, 11) is 0. The number of hydrogen-bond donors (Lipinski definition) is 2. The summed E-state index contributed by atoms with van der Waals surface area (Å²) in [5.74, 6) is 0.119. The van der Waals surface area contributed by atoms with Gasteiger partial charge in [0, 0.05) is 5.56 Å². The van der Waals surface area contributed by atoms with Crippen molar-refractivity contribution in [1.29, 1.82) is 0 Å². The summed E-state index contributed by atoms with van der Waals surface area (Å²) in [6, 6.07) is 14.9. The minimum absolute atomic E-state index is 0.227. The highest BCUT2D eigenvalue weighted by molar-refractivity contribution is 5.94. The summed E-state index contributed by atoms with van der Waals surface area (Å²) in [4.78, 5) is 11.7. The molecular weight excluding hydrogens is 274 g/mol. The normalized spacial score (nSPS) is 12.0. The van der Waals surface area contributed by atoms with Gasteiger partial charge in [-0.2, -0.15) is 0 Å². The third-order valence-electron chi connectivity index (χ3n) is 3.96. The van der Waals surface area contributed by atoms with Gasteiger partial charge in [0.25, 0.3) is 0 Å². The number of unbranched alkanes of at least 4 members (excludes halogenated alkanes) is 1. The van der Waals surface area contributed by atoms with Crippen LogP contribution in [0.25, 0.3) is 0 Å². The Kier molecular flexibility index (Phi) is 5.59. The van der Waals surface area contributed by atoms with Crippen LogP contribution in [0.3, 0.4) is 0 Å². The monoisotopic (exact) mass is 297 g/mol. The second-order valence-corrected chi connectivity index (χ2v) is 5.66. The maximum absolute atomic E-state index is 11.7. The van der Waals surface area contributed by atoms with Crippen LogP contribution in [-0.2, 0) is 6.42 Å². The molecule has 0 unspecified atom stereocenters. The van der Waals surface area contributed by atoms with Crippen molar-refractivity contribution in [2.75, 3.05) is 0 Å². The highest BCUT2D eigenvalue weighted by Crippen LogP contribution is 2.29. The van der Waals surface area contributed by atoms with Crippen LogP contribution < -0.4 is 5.73 Å². The van der Waals surface area contributed by atoms with Crippen LogP contribution in [0.1, 0.15) is 53.6 Å². The molecule has 0 saturated heterocycles. The zero-order chi connectivity index (χ0) is 15.9. The van der Waals surface area contributed by atoms with Crippen molar-refractivity contribution in [1.82, 2.24) is 0 Å². The molecule has 3 nitrogen and oxygen atoms in total. The zero-order valence-corrected chi connectivity index (χ0v) is 13.0. The molecule has 0 aliphatic rings. The Hall–Kier alpha value is -2.29. The molecule has 1 amide bonds. The molecule has 3 N–H and O–H groups in total. The Morgan fingerprint density at radius 2 is 1.95 bits per heavy atom. The Bertz CT molecular complexity index is 637. The van der Waals surface area contributed by atoms with Crippen molar-refractivity contribution in [2.45, 2.75) is 38.5 Å². The SMILES string of the molecule is CCCC[C@@H](Cc1cccc(O)c1)c1ccccc1C(N)=O. The number of aromatic hydroxyl groups is 1. The predicted octanol–water partition coefficient (Wildman–Crippen LogP) is 4.01. The lowest BCUT2D eigenvalue weighted by atomic mass is 9.85. The Morgan fingerprint density at radius 3 is 2.64 bits per heavy atom. The molecule has 2 aromatic carbocycles. The fraction of sp³-hybridized carbons (Fsp3) is 0.316. The highest BCUT2D eigenvalue weighted by atomic mass is 16.3. The molecule has 0 aliphatic heterocycles. The standard InChI is InChI=1S/C19H23NO2/c1-2-3-8-15(12-14-7-6-9-16(21)13-14)17-10-4-5-11-18(17)19(20)22/h4-7,9-11,13,15,21H,2-3,8,12H2,1H3,(H2,20,22)/t15-/m0/s1. The second-order valence-electron chi connectivity index (χ2n) is 5.66. The largest absolute Gasteiger partial charge is 0.508 e. The number of hydrogen-bond acceptors (Lipinski definition) is 2. The lowest BCUT2D eigenvalue weighted by Gasteiger charge is -2.20. The van der Waals surface area contributed by atoms with Gasteiger partial charge in [-0.15, -0.1) is 0 Å². The van der Waals surface area contributed by atoms with Crippen LogP contribution in [0.15, 0.2) is 48.5 Å². The number of rotatable bonds is 7. The number of phenolic OH excluding ortho intramolecular Hbond substituents is 1. The molecule has 0 aliphatic carbocycles. The molecule has 0 radical (unpaired) electrons.